The van der Waals surface area contributed by atoms with Crippen LogP contribution in [0.4, 0.5) is 0 Å². The smallest absolute Gasteiger partial charge is 0.0846 e. The van der Waals surface area contributed by atoms with Gasteiger partial charge in [0.1, 0.15) is 7.85 Å². The summed E-state index contributed by atoms with van der Waals surface area (Å²) >= 11 is 3.20. The van der Waals surface area contributed by atoms with Crippen LogP contribution in [0.3, 0.4) is 0 Å². The molecule has 0 aromatic rings. The summed E-state index contributed by atoms with van der Waals surface area (Å²) in [4.78, 5) is 0. The van der Waals surface area contributed by atoms with Gasteiger partial charge in [-0.2, -0.15) is 0 Å². The van der Waals surface area contributed by atoms with E-state index >= 15 is 0 Å². The fraction of sp³-hybridized carbons (Fsp3) is 0.750. The lowest BCUT2D eigenvalue weighted by Crippen LogP contribution is -1.93. The summed E-state index contributed by atoms with van der Waals surface area (Å²) in [7, 11) is 5.43. The van der Waals surface area contributed by atoms with Crippen LogP contribution in [0.1, 0.15) is 33.1 Å². The highest BCUT2D eigenvalue weighted by atomic mass is 79.9. The van der Waals surface area contributed by atoms with Gasteiger partial charge in [0.2, 0.25) is 0 Å². The van der Waals surface area contributed by atoms with Crippen molar-refractivity contribution in [1.29, 1.82) is 0 Å². The second kappa shape index (κ2) is 6.02. The molecule has 0 N–H and O–H groups in total. The Labute approximate surface area is 73.6 Å². The minimum absolute atomic E-state index is 0.763. The molecule has 0 aliphatic carbocycles. The third-order valence-electron chi connectivity index (χ3n) is 1.80. The highest BCUT2D eigenvalue weighted by molar-refractivity contribution is 9.12. The van der Waals surface area contributed by atoms with Gasteiger partial charge >= 0.3 is 0 Å². The van der Waals surface area contributed by atoms with E-state index in [4.69, 9.17) is 7.85 Å². The third-order valence-corrected chi connectivity index (χ3v) is 2.12. The first kappa shape index (κ1) is 10.3. The summed E-state index contributed by atoms with van der Waals surface area (Å²) in [6.07, 6.45) is 5.63. The van der Waals surface area contributed by atoms with Crippen LogP contribution >= 0.6 is 15.9 Å². The van der Waals surface area contributed by atoms with Crippen LogP contribution in [0.25, 0.3) is 0 Å². The standard InChI is InChI=1S/C8H14BBr/c1-3-7(4-2)5-6-8(9)10/h6-7H,3-5H2,1-2H3/b8-6-. The molecule has 0 nitrogen and oxygen atoms in total. The molecule has 0 rings (SSSR count). The molecular formula is C8H14BBr. The van der Waals surface area contributed by atoms with Crippen molar-refractivity contribution in [1.82, 2.24) is 0 Å². The first-order valence-electron chi connectivity index (χ1n) is 3.81. The van der Waals surface area contributed by atoms with E-state index in [2.05, 4.69) is 29.8 Å². The first-order valence-corrected chi connectivity index (χ1v) is 4.61. The first-order chi connectivity index (χ1) is 4.70. The minimum Gasteiger partial charge on any atom is -0.0846 e. The van der Waals surface area contributed by atoms with E-state index in [1.54, 1.807) is 0 Å². The molecule has 0 unspecified atom stereocenters. The predicted octanol–water partition coefficient (Wildman–Crippen LogP) is 3.22. The molecule has 0 saturated heterocycles. The van der Waals surface area contributed by atoms with Crippen LogP contribution in [0.15, 0.2) is 10.5 Å². The highest BCUT2D eigenvalue weighted by Crippen LogP contribution is 2.14. The topological polar surface area (TPSA) is 0 Å². The molecule has 0 bridgehead atoms. The molecule has 0 atom stereocenters. The number of rotatable bonds is 4. The maximum Gasteiger partial charge on any atom is 0.123 e. The summed E-state index contributed by atoms with van der Waals surface area (Å²) in [6.45, 7) is 4.43. The number of hydrogen-bond acceptors (Lipinski definition) is 0. The zero-order valence-electron chi connectivity index (χ0n) is 6.73. The van der Waals surface area contributed by atoms with Gasteiger partial charge in [0.05, 0.1) is 0 Å². The van der Waals surface area contributed by atoms with Gasteiger partial charge in [0.25, 0.3) is 0 Å². The van der Waals surface area contributed by atoms with Gasteiger partial charge < -0.3 is 0 Å². The van der Waals surface area contributed by atoms with E-state index in [0.717, 1.165) is 16.7 Å². The molecule has 0 aromatic carbocycles. The van der Waals surface area contributed by atoms with Crippen LogP contribution in [-0.4, -0.2) is 7.85 Å². The molecule has 0 heterocycles. The lowest BCUT2D eigenvalue weighted by molar-refractivity contribution is 0.500. The molecule has 0 aliphatic heterocycles. The lowest BCUT2D eigenvalue weighted by atomic mass is 9.97. The van der Waals surface area contributed by atoms with Crippen LogP contribution in [0, 0.1) is 5.92 Å². The molecule has 2 heteroatoms. The molecular weight excluding hydrogens is 187 g/mol. The Morgan fingerprint density at radius 1 is 1.50 bits per heavy atom. The Morgan fingerprint density at radius 3 is 2.30 bits per heavy atom. The van der Waals surface area contributed by atoms with Crippen molar-refractivity contribution in [3.63, 3.8) is 0 Å². The molecule has 0 aromatic heterocycles. The molecule has 0 fully saturated rings. The average Bonchev–Trinajstić information content (AvgIpc) is 1.90. The van der Waals surface area contributed by atoms with Gasteiger partial charge in [-0.05, 0) is 12.3 Å². The van der Waals surface area contributed by atoms with Gasteiger partial charge in [-0.3, -0.25) is 0 Å². The molecule has 56 valence electrons. The maximum absolute atomic E-state index is 5.43. The highest BCUT2D eigenvalue weighted by Gasteiger charge is 1.99. The van der Waals surface area contributed by atoms with Crippen molar-refractivity contribution in [3.05, 3.63) is 10.5 Å². The maximum atomic E-state index is 5.43. The zero-order chi connectivity index (χ0) is 7.98. The van der Waals surface area contributed by atoms with Crippen molar-refractivity contribution >= 4 is 23.8 Å². The summed E-state index contributed by atoms with van der Waals surface area (Å²) in [6, 6.07) is 0. The van der Waals surface area contributed by atoms with E-state index in [-0.39, 0.29) is 0 Å². The van der Waals surface area contributed by atoms with E-state index in [9.17, 15) is 0 Å². The van der Waals surface area contributed by atoms with Crippen molar-refractivity contribution in [2.24, 2.45) is 5.92 Å². The second-order valence-electron chi connectivity index (χ2n) is 2.51. The number of hydrogen-bond donors (Lipinski definition) is 0. The van der Waals surface area contributed by atoms with Gasteiger partial charge in [-0.1, -0.05) is 53.1 Å². The molecule has 0 spiro atoms. The SMILES string of the molecule is [B]/C(Br)=C/CC(CC)CC. The van der Waals surface area contributed by atoms with Gasteiger partial charge in [0, 0.05) is 0 Å². The summed E-state index contributed by atoms with van der Waals surface area (Å²) in [5.41, 5.74) is 0. The molecule has 0 aliphatic rings. The van der Waals surface area contributed by atoms with E-state index in [1.807, 2.05) is 6.08 Å². The van der Waals surface area contributed by atoms with Crippen LogP contribution in [-0.2, 0) is 0 Å². The number of halogens is 1. The van der Waals surface area contributed by atoms with E-state index in [0.29, 0.717) is 0 Å². The van der Waals surface area contributed by atoms with E-state index < -0.39 is 0 Å². The summed E-state index contributed by atoms with van der Waals surface area (Å²) < 4.78 is 0.763. The minimum atomic E-state index is 0.763. The monoisotopic (exact) mass is 200 g/mol. The third kappa shape index (κ3) is 5.10. The normalized spacial score (nSPS) is 12.6. The fourth-order valence-corrected chi connectivity index (χ4v) is 1.09. The van der Waals surface area contributed by atoms with Crippen molar-refractivity contribution in [2.75, 3.05) is 0 Å². The van der Waals surface area contributed by atoms with Crippen LogP contribution < -0.4 is 0 Å². The Kier molecular flexibility index (Phi) is 6.20. The average molecular weight is 201 g/mol. The molecule has 2 radical (unpaired) electrons. The van der Waals surface area contributed by atoms with E-state index in [1.165, 1.54) is 12.8 Å². The van der Waals surface area contributed by atoms with Crippen molar-refractivity contribution < 1.29 is 0 Å². The quantitative estimate of drug-likeness (QED) is 0.612. The Hall–Kier alpha value is 0.285. The molecule has 0 amide bonds. The number of allylic oxidation sites excluding steroid dienone is 1. The Bertz CT molecular complexity index is 102. The summed E-state index contributed by atoms with van der Waals surface area (Å²) in [5.74, 6) is 0.802. The van der Waals surface area contributed by atoms with Crippen LogP contribution in [0.5, 0.6) is 0 Å². The predicted molar refractivity (Wildman–Crippen MR) is 51.5 cm³/mol. The second-order valence-corrected chi connectivity index (χ2v) is 3.42. The fourth-order valence-electron chi connectivity index (χ4n) is 0.901. The Morgan fingerprint density at radius 2 is 2.00 bits per heavy atom. The van der Waals surface area contributed by atoms with Gasteiger partial charge in [-0.15, -0.1) is 0 Å². The summed E-state index contributed by atoms with van der Waals surface area (Å²) in [5, 5.41) is 0. The molecule has 0 saturated carbocycles. The van der Waals surface area contributed by atoms with Gasteiger partial charge in [0.15, 0.2) is 0 Å². The lowest BCUT2D eigenvalue weighted by Gasteiger charge is -2.07. The largest absolute Gasteiger partial charge is 0.123 e. The zero-order valence-corrected chi connectivity index (χ0v) is 8.32. The van der Waals surface area contributed by atoms with Crippen LogP contribution in [0.2, 0.25) is 0 Å². The van der Waals surface area contributed by atoms with Crippen molar-refractivity contribution in [2.45, 2.75) is 33.1 Å². The van der Waals surface area contributed by atoms with Gasteiger partial charge in [-0.25, -0.2) is 0 Å². The van der Waals surface area contributed by atoms with Crippen molar-refractivity contribution in [3.8, 4) is 0 Å². The Balaban J connectivity index is 3.54. The molecule has 10 heavy (non-hydrogen) atoms.